The second-order valence-corrected chi connectivity index (χ2v) is 6.10. The van der Waals surface area contributed by atoms with Gasteiger partial charge in [0, 0.05) is 42.2 Å². The van der Waals surface area contributed by atoms with Gasteiger partial charge in [-0.15, -0.1) is 0 Å². The molecular formula is C19H22N2O3. The van der Waals surface area contributed by atoms with Crippen molar-refractivity contribution in [2.24, 2.45) is 0 Å². The summed E-state index contributed by atoms with van der Waals surface area (Å²) in [6, 6.07) is 6.30. The molecule has 126 valence electrons. The molecule has 0 spiro atoms. The molecule has 24 heavy (non-hydrogen) atoms. The summed E-state index contributed by atoms with van der Waals surface area (Å²) in [6.45, 7) is 3.37. The molecule has 1 aliphatic rings. The van der Waals surface area contributed by atoms with Crippen LogP contribution in [0.5, 0.6) is 0 Å². The molecule has 1 aliphatic heterocycles. The van der Waals surface area contributed by atoms with Gasteiger partial charge in [0.15, 0.2) is 0 Å². The lowest BCUT2D eigenvalue weighted by atomic mass is 9.98. The number of aryl methyl sites for hydroxylation is 1. The SMILES string of the molecule is COC(=O)CCC(=O)N1CC=C(c2c[nH]c3c(C)cccc23)CC1. The van der Waals surface area contributed by atoms with Gasteiger partial charge in [0.25, 0.3) is 0 Å². The van der Waals surface area contributed by atoms with Crippen LogP contribution < -0.4 is 0 Å². The minimum absolute atomic E-state index is 0.00507. The molecule has 0 radical (unpaired) electrons. The van der Waals surface area contributed by atoms with Gasteiger partial charge in [-0.25, -0.2) is 0 Å². The Bertz CT molecular complexity index is 804. The number of rotatable bonds is 4. The van der Waals surface area contributed by atoms with Crippen LogP contribution in [-0.4, -0.2) is 42.0 Å². The highest BCUT2D eigenvalue weighted by atomic mass is 16.5. The number of aromatic amines is 1. The van der Waals surface area contributed by atoms with Gasteiger partial charge in [-0.3, -0.25) is 9.59 Å². The van der Waals surface area contributed by atoms with E-state index in [0.717, 1.165) is 6.42 Å². The minimum Gasteiger partial charge on any atom is -0.469 e. The van der Waals surface area contributed by atoms with Crippen molar-refractivity contribution in [3.8, 4) is 0 Å². The fraction of sp³-hybridized carbons (Fsp3) is 0.368. The molecule has 0 saturated heterocycles. The molecule has 2 heterocycles. The molecule has 3 rings (SSSR count). The number of aromatic nitrogens is 1. The van der Waals surface area contributed by atoms with Crippen LogP contribution in [0.3, 0.4) is 0 Å². The number of carbonyl (C=O) groups excluding carboxylic acids is 2. The first-order valence-corrected chi connectivity index (χ1v) is 8.21. The second-order valence-electron chi connectivity index (χ2n) is 6.10. The van der Waals surface area contributed by atoms with E-state index in [-0.39, 0.29) is 24.7 Å². The highest BCUT2D eigenvalue weighted by Gasteiger charge is 2.20. The third kappa shape index (κ3) is 3.20. The third-order valence-corrected chi connectivity index (χ3v) is 4.60. The lowest BCUT2D eigenvalue weighted by Crippen LogP contribution is -2.34. The number of hydrogen-bond acceptors (Lipinski definition) is 3. The average molecular weight is 326 g/mol. The molecule has 5 heteroatoms. The van der Waals surface area contributed by atoms with E-state index in [1.165, 1.54) is 34.7 Å². The topological polar surface area (TPSA) is 62.4 Å². The van der Waals surface area contributed by atoms with Crippen molar-refractivity contribution in [3.63, 3.8) is 0 Å². The maximum atomic E-state index is 12.2. The van der Waals surface area contributed by atoms with E-state index in [0.29, 0.717) is 13.1 Å². The number of benzene rings is 1. The number of carbonyl (C=O) groups is 2. The zero-order valence-electron chi connectivity index (χ0n) is 14.1. The zero-order chi connectivity index (χ0) is 17.1. The Morgan fingerprint density at radius 2 is 2.12 bits per heavy atom. The molecule has 0 unspecified atom stereocenters. The normalized spacial score (nSPS) is 14.6. The number of esters is 1. The van der Waals surface area contributed by atoms with Gasteiger partial charge in [0.05, 0.1) is 13.5 Å². The van der Waals surface area contributed by atoms with E-state index in [9.17, 15) is 9.59 Å². The van der Waals surface area contributed by atoms with Gasteiger partial charge in [0.2, 0.25) is 5.91 Å². The van der Waals surface area contributed by atoms with Gasteiger partial charge < -0.3 is 14.6 Å². The Balaban J connectivity index is 1.70. The first kappa shape index (κ1) is 16.3. The summed E-state index contributed by atoms with van der Waals surface area (Å²) in [5.41, 5.74) is 4.89. The van der Waals surface area contributed by atoms with E-state index in [1.54, 1.807) is 4.90 Å². The predicted octanol–water partition coefficient (Wildman–Crippen LogP) is 3.05. The molecule has 5 nitrogen and oxygen atoms in total. The quantitative estimate of drug-likeness (QED) is 0.879. The van der Waals surface area contributed by atoms with Crippen molar-refractivity contribution in [2.45, 2.75) is 26.2 Å². The highest BCUT2D eigenvalue weighted by Crippen LogP contribution is 2.30. The van der Waals surface area contributed by atoms with Crippen molar-refractivity contribution in [3.05, 3.63) is 41.6 Å². The maximum Gasteiger partial charge on any atom is 0.306 e. The fourth-order valence-electron chi connectivity index (χ4n) is 3.18. The summed E-state index contributed by atoms with van der Waals surface area (Å²) < 4.78 is 4.58. The molecule has 2 aromatic rings. The summed E-state index contributed by atoms with van der Waals surface area (Å²) in [7, 11) is 1.34. The van der Waals surface area contributed by atoms with Gasteiger partial charge in [-0.2, -0.15) is 0 Å². The van der Waals surface area contributed by atoms with Crippen molar-refractivity contribution < 1.29 is 14.3 Å². The number of hydrogen-bond donors (Lipinski definition) is 1. The van der Waals surface area contributed by atoms with Crippen LogP contribution in [-0.2, 0) is 14.3 Å². The van der Waals surface area contributed by atoms with Gasteiger partial charge >= 0.3 is 5.97 Å². The minimum atomic E-state index is -0.342. The zero-order valence-corrected chi connectivity index (χ0v) is 14.1. The summed E-state index contributed by atoms with van der Waals surface area (Å²) in [5, 5.41) is 1.23. The van der Waals surface area contributed by atoms with E-state index in [4.69, 9.17) is 0 Å². The lowest BCUT2D eigenvalue weighted by molar-refractivity contribution is -0.143. The van der Waals surface area contributed by atoms with Gasteiger partial charge in [-0.1, -0.05) is 24.3 Å². The van der Waals surface area contributed by atoms with E-state index in [1.807, 2.05) is 0 Å². The van der Waals surface area contributed by atoms with E-state index < -0.39 is 0 Å². The molecule has 0 fully saturated rings. The van der Waals surface area contributed by atoms with Crippen molar-refractivity contribution in [1.82, 2.24) is 9.88 Å². The molecule has 0 bridgehead atoms. The largest absolute Gasteiger partial charge is 0.469 e. The number of amides is 1. The number of nitrogens with zero attached hydrogens (tertiary/aromatic N) is 1. The smallest absolute Gasteiger partial charge is 0.306 e. The number of fused-ring (bicyclic) bond motifs is 1. The Morgan fingerprint density at radius 3 is 2.83 bits per heavy atom. The Hall–Kier alpha value is -2.56. The van der Waals surface area contributed by atoms with Crippen molar-refractivity contribution >= 4 is 28.4 Å². The lowest BCUT2D eigenvalue weighted by Gasteiger charge is -2.26. The molecule has 0 atom stereocenters. The summed E-state index contributed by atoms with van der Waals surface area (Å²) in [5.74, 6) is -0.337. The Labute approximate surface area is 141 Å². The summed E-state index contributed by atoms with van der Waals surface area (Å²) in [6.07, 6.45) is 5.35. The van der Waals surface area contributed by atoms with E-state index >= 15 is 0 Å². The highest BCUT2D eigenvalue weighted by molar-refractivity contribution is 5.94. The van der Waals surface area contributed by atoms with Gasteiger partial charge in [-0.05, 0) is 24.5 Å². The second kappa shape index (κ2) is 6.91. The van der Waals surface area contributed by atoms with Crippen LogP contribution in [0.1, 0.15) is 30.4 Å². The molecule has 1 N–H and O–H groups in total. The fourth-order valence-corrected chi connectivity index (χ4v) is 3.18. The van der Waals surface area contributed by atoms with Crippen LogP contribution in [0, 0.1) is 6.92 Å². The molecule has 1 aromatic carbocycles. The van der Waals surface area contributed by atoms with E-state index in [2.05, 4.69) is 47.1 Å². The van der Waals surface area contributed by atoms with Crippen LogP contribution in [0.25, 0.3) is 16.5 Å². The number of H-pyrrole nitrogens is 1. The first-order chi connectivity index (χ1) is 11.6. The van der Waals surface area contributed by atoms with Crippen LogP contribution in [0.2, 0.25) is 0 Å². The van der Waals surface area contributed by atoms with Crippen LogP contribution in [0.4, 0.5) is 0 Å². The number of ether oxygens (including phenoxy) is 1. The third-order valence-electron chi connectivity index (χ3n) is 4.60. The molecule has 1 aromatic heterocycles. The van der Waals surface area contributed by atoms with Crippen molar-refractivity contribution in [1.29, 1.82) is 0 Å². The Kier molecular flexibility index (Phi) is 4.69. The number of para-hydroxylation sites is 1. The molecule has 1 amide bonds. The van der Waals surface area contributed by atoms with Crippen LogP contribution in [0.15, 0.2) is 30.5 Å². The maximum absolute atomic E-state index is 12.2. The monoisotopic (exact) mass is 326 g/mol. The number of nitrogens with one attached hydrogen (secondary N) is 1. The van der Waals surface area contributed by atoms with Crippen LogP contribution >= 0.6 is 0 Å². The standard InChI is InChI=1S/C19H22N2O3/c1-13-4-3-5-15-16(12-20-19(13)15)14-8-10-21(11-9-14)17(22)6-7-18(23)24-2/h3-5,8,12,20H,6-7,9-11H2,1-2H3. The summed E-state index contributed by atoms with van der Waals surface area (Å²) >= 11 is 0. The molecule has 0 aliphatic carbocycles. The Morgan fingerprint density at radius 1 is 1.29 bits per heavy atom. The number of methoxy groups -OCH3 is 1. The predicted molar refractivity (Wildman–Crippen MR) is 93.5 cm³/mol. The molecular weight excluding hydrogens is 304 g/mol. The molecule has 0 saturated carbocycles. The summed E-state index contributed by atoms with van der Waals surface area (Å²) in [4.78, 5) is 28.5. The first-order valence-electron chi connectivity index (χ1n) is 8.21. The van der Waals surface area contributed by atoms with Gasteiger partial charge in [0.1, 0.15) is 0 Å². The van der Waals surface area contributed by atoms with Crippen molar-refractivity contribution in [2.75, 3.05) is 20.2 Å². The average Bonchev–Trinajstić information content (AvgIpc) is 3.05.